The van der Waals surface area contributed by atoms with Gasteiger partial charge in [0, 0.05) is 19.0 Å². The fourth-order valence-corrected chi connectivity index (χ4v) is 5.25. The largest absolute Gasteiger partial charge is 0.497 e. The quantitative estimate of drug-likeness (QED) is 0.573. The van der Waals surface area contributed by atoms with E-state index >= 15 is 0 Å². The SMILES string of the molecule is CC[C@H](NC(=O)CCCN(c1cccc(OC)c1)S(C)(=O)=O)c1ccc2c(c1)CCCC2. The number of ether oxygens (including phenoxy) is 1. The minimum absolute atomic E-state index is 0.0286. The van der Waals surface area contributed by atoms with E-state index in [0.717, 1.165) is 24.8 Å². The summed E-state index contributed by atoms with van der Waals surface area (Å²) in [6.07, 6.45) is 7.40. The zero-order valence-electron chi connectivity index (χ0n) is 19.3. The van der Waals surface area contributed by atoms with Crippen LogP contribution >= 0.6 is 0 Å². The number of nitrogens with zero attached hydrogens (tertiary/aromatic N) is 1. The number of methoxy groups -OCH3 is 1. The molecule has 2 aromatic carbocycles. The molecule has 0 saturated heterocycles. The predicted molar refractivity (Wildman–Crippen MR) is 129 cm³/mol. The van der Waals surface area contributed by atoms with E-state index in [0.29, 0.717) is 17.9 Å². The van der Waals surface area contributed by atoms with Crippen LogP contribution in [0.2, 0.25) is 0 Å². The maximum atomic E-state index is 12.6. The lowest BCUT2D eigenvalue weighted by molar-refractivity contribution is -0.121. The first kappa shape index (κ1) is 24.1. The van der Waals surface area contributed by atoms with Crippen LogP contribution in [0.1, 0.15) is 61.8 Å². The molecule has 0 heterocycles. The van der Waals surface area contributed by atoms with Gasteiger partial charge in [0.1, 0.15) is 5.75 Å². The van der Waals surface area contributed by atoms with E-state index in [1.54, 1.807) is 31.4 Å². The molecule has 0 radical (unpaired) electrons. The summed E-state index contributed by atoms with van der Waals surface area (Å²) in [6.45, 7) is 2.30. The summed E-state index contributed by atoms with van der Waals surface area (Å²) >= 11 is 0. The van der Waals surface area contributed by atoms with Crippen molar-refractivity contribution in [2.75, 3.05) is 24.2 Å². The number of nitrogens with one attached hydrogen (secondary N) is 1. The molecule has 0 fully saturated rings. The molecule has 32 heavy (non-hydrogen) atoms. The normalized spacial score (nSPS) is 14.3. The zero-order valence-corrected chi connectivity index (χ0v) is 20.1. The van der Waals surface area contributed by atoms with Gasteiger partial charge in [0.05, 0.1) is 25.1 Å². The molecule has 0 aliphatic heterocycles. The molecule has 1 atom stereocenters. The summed E-state index contributed by atoms with van der Waals surface area (Å²) in [5.41, 5.74) is 4.52. The smallest absolute Gasteiger partial charge is 0.232 e. The Morgan fingerprint density at radius 3 is 2.56 bits per heavy atom. The number of hydrogen-bond acceptors (Lipinski definition) is 4. The molecule has 0 unspecified atom stereocenters. The summed E-state index contributed by atoms with van der Waals surface area (Å²) in [5.74, 6) is 0.526. The van der Waals surface area contributed by atoms with Crippen LogP contribution in [0.3, 0.4) is 0 Å². The van der Waals surface area contributed by atoms with Gasteiger partial charge in [-0.05, 0) is 67.3 Å². The van der Waals surface area contributed by atoms with Crippen LogP contribution in [-0.2, 0) is 27.7 Å². The van der Waals surface area contributed by atoms with Crippen molar-refractivity contribution in [3.63, 3.8) is 0 Å². The molecule has 1 aliphatic carbocycles. The summed E-state index contributed by atoms with van der Waals surface area (Å²) in [5, 5.41) is 3.13. The number of aryl methyl sites for hydroxylation is 2. The summed E-state index contributed by atoms with van der Waals surface area (Å²) in [4.78, 5) is 12.6. The Balaban J connectivity index is 1.60. The average Bonchev–Trinajstić information content (AvgIpc) is 2.79. The maximum absolute atomic E-state index is 12.6. The Morgan fingerprint density at radius 2 is 1.88 bits per heavy atom. The summed E-state index contributed by atoms with van der Waals surface area (Å²) in [7, 11) is -1.93. The lowest BCUT2D eigenvalue weighted by atomic mass is 9.89. The molecule has 2 aromatic rings. The molecule has 0 spiro atoms. The summed E-state index contributed by atoms with van der Waals surface area (Å²) < 4.78 is 31.2. The van der Waals surface area contributed by atoms with Gasteiger partial charge in [-0.3, -0.25) is 9.10 Å². The molecule has 1 N–H and O–H groups in total. The Kier molecular flexibility index (Phi) is 8.18. The Bertz CT molecular complexity index is 1040. The van der Waals surface area contributed by atoms with Gasteiger partial charge in [0.2, 0.25) is 15.9 Å². The minimum Gasteiger partial charge on any atom is -0.497 e. The number of anilines is 1. The van der Waals surface area contributed by atoms with E-state index in [1.807, 2.05) is 0 Å². The molecule has 3 rings (SSSR count). The molecular weight excluding hydrogens is 424 g/mol. The van der Waals surface area contributed by atoms with Gasteiger partial charge in [-0.15, -0.1) is 0 Å². The van der Waals surface area contributed by atoms with Gasteiger partial charge >= 0.3 is 0 Å². The van der Waals surface area contributed by atoms with E-state index in [4.69, 9.17) is 4.74 Å². The van der Waals surface area contributed by atoms with E-state index in [1.165, 1.54) is 34.5 Å². The maximum Gasteiger partial charge on any atom is 0.232 e. The van der Waals surface area contributed by atoms with Crippen molar-refractivity contribution in [3.05, 3.63) is 59.2 Å². The molecule has 1 aliphatic rings. The van der Waals surface area contributed by atoms with Crippen LogP contribution in [0.5, 0.6) is 5.75 Å². The van der Waals surface area contributed by atoms with Crippen LogP contribution in [0, 0.1) is 0 Å². The lowest BCUT2D eigenvalue weighted by Crippen LogP contribution is -2.33. The van der Waals surface area contributed by atoms with E-state index in [9.17, 15) is 13.2 Å². The second kappa shape index (κ2) is 10.9. The van der Waals surface area contributed by atoms with Crippen LogP contribution in [0.25, 0.3) is 0 Å². The number of fused-ring (bicyclic) bond motifs is 1. The standard InChI is InChI=1S/C25H34N2O4S/c1-4-24(21-15-14-19-9-5-6-10-20(19)17-21)26-25(28)13-8-16-27(32(3,29)30)22-11-7-12-23(18-22)31-2/h7,11-12,14-15,17-18,24H,4-6,8-10,13,16H2,1-3H3,(H,26,28)/t24-/m0/s1. The van der Waals surface area contributed by atoms with Gasteiger partial charge in [0.15, 0.2) is 0 Å². The van der Waals surface area contributed by atoms with Crippen molar-refractivity contribution in [1.82, 2.24) is 5.32 Å². The van der Waals surface area contributed by atoms with Crippen LogP contribution in [0.15, 0.2) is 42.5 Å². The third kappa shape index (κ3) is 6.25. The number of amides is 1. The first-order chi connectivity index (χ1) is 15.3. The van der Waals surface area contributed by atoms with Crippen molar-refractivity contribution in [2.45, 2.75) is 57.9 Å². The number of sulfonamides is 1. The van der Waals surface area contributed by atoms with Crippen molar-refractivity contribution in [3.8, 4) is 5.75 Å². The first-order valence-corrected chi connectivity index (χ1v) is 13.2. The molecule has 0 bridgehead atoms. The number of rotatable bonds is 10. The third-order valence-electron chi connectivity index (χ3n) is 6.03. The fourth-order valence-electron chi connectivity index (χ4n) is 4.29. The van der Waals surface area contributed by atoms with E-state index < -0.39 is 10.0 Å². The monoisotopic (exact) mass is 458 g/mol. The molecule has 7 heteroatoms. The second-order valence-electron chi connectivity index (χ2n) is 8.40. The topological polar surface area (TPSA) is 75.7 Å². The molecular formula is C25H34N2O4S. The Labute approximate surface area is 192 Å². The van der Waals surface area contributed by atoms with Crippen LogP contribution in [0.4, 0.5) is 5.69 Å². The number of carbonyl (C=O) groups is 1. The van der Waals surface area contributed by atoms with Gasteiger partial charge in [-0.25, -0.2) is 8.42 Å². The highest BCUT2D eigenvalue weighted by atomic mass is 32.2. The molecule has 1 amide bonds. The molecule has 0 aromatic heterocycles. The number of hydrogen-bond donors (Lipinski definition) is 1. The third-order valence-corrected chi connectivity index (χ3v) is 7.22. The van der Waals surface area contributed by atoms with Crippen LogP contribution in [-0.4, -0.2) is 34.2 Å². The minimum atomic E-state index is -3.47. The van der Waals surface area contributed by atoms with Crippen LogP contribution < -0.4 is 14.4 Å². The summed E-state index contributed by atoms with van der Waals surface area (Å²) in [6, 6.07) is 13.5. The van der Waals surface area contributed by atoms with Gasteiger partial charge in [-0.2, -0.15) is 0 Å². The van der Waals surface area contributed by atoms with E-state index in [-0.39, 0.29) is 24.9 Å². The number of carbonyl (C=O) groups excluding carboxylic acids is 1. The van der Waals surface area contributed by atoms with Gasteiger partial charge < -0.3 is 10.1 Å². The lowest BCUT2D eigenvalue weighted by Gasteiger charge is -2.24. The van der Waals surface area contributed by atoms with E-state index in [2.05, 4.69) is 30.4 Å². The average molecular weight is 459 g/mol. The highest BCUT2D eigenvalue weighted by Crippen LogP contribution is 2.26. The Morgan fingerprint density at radius 1 is 1.12 bits per heavy atom. The molecule has 174 valence electrons. The molecule has 0 saturated carbocycles. The fraction of sp³-hybridized carbons (Fsp3) is 0.480. The van der Waals surface area contributed by atoms with Gasteiger partial charge in [-0.1, -0.05) is 31.2 Å². The van der Waals surface area contributed by atoms with Crippen molar-refractivity contribution >= 4 is 21.6 Å². The number of benzene rings is 2. The highest BCUT2D eigenvalue weighted by molar-refractivity contribution is 7.92. The Hall–Kier alpha value is -2.54. The van der Waals surface area contributed by atoms with Gasteiger partial charge in [0.25, 0.3) is 0 Å². The highest BCUT2D eigenvalue weighted by Gasteiger charge is 2.20. The first-order valence-electron chi connectivity index (χ1n) is 11.3. The zero-order chi connectivity index (χ0) is 23.1. The molecule has 6 nitrogen and oxygen atoms in total. The van der Waals surface area contributed by atoms with Crippen molar-refractivity contribution in [2.24, 2.45) is 0 Å². The predicted octanol–water partition coefficient (Wildman–Crippen LogP) is 4.39. The van der Waals surface area contributed by atoms with Crippen molar-refractivity contribution in [1.29, 1.82) is 0 Å². The van der Waals surface area contributed by atoms with Crippen molar-refractivity contribution < 1.29 is 17.9 Å². The second-order valence-corrected chi connectivity index (χ2v) is 10.3.